The van der Waals surface area contributed by atoms with Gasteiger partial charge in [0, 0.05) is 16.8 Å². The van der Waals surface area contributed by atoms with E-state index < -0.39 is 0 Å². The van der Waals surface area contributed by atoms with Crippen LogP contribution in [0.2, 0.25) is 10.0 Å². The highest BCUT2D eigenvalue weighted by molar-refractivity contribution is 7.80. The Labute approximate surface area is 138 Å². The predicted octanol–water partition coefficient (Wildman–Crippen LogP) is 4.32. The molecule has 2 rings (SSSR count). The fourth-order valence-corrected chi connectivity index (χ4v) is 2.20. The number of hydrazine groups is 1. The quantitative estimate of drug-likeness (QED) is 0.571. The zero-order chi connectivity index (χ0) is 15.2. The molecule has 0 saturated heterocycles. The number of halogens is 2. The minimum Gasteiger partial charge on any atom is -0.497 e. The molecular weight excluding hydrogens is 329 g/mol. The minimum absolute atomic E-state index is 0.397. The van der Waals surface area contributed by atoms with Crippen molar-refractivity contribution in [3.63, 3.8) is 0 Å². The lowest BCUT2D eigenvalue weighted by atomic mass is 10.3. The Balaban J connectivity index is 1.92. The van der Waals surface area contributed by atoms with Gasteiger partial charge in [-0.25, -0.2) is 0 Å². The summed E-state index contributed by atoms with van der Waals surface area (Å²) < 4.78 is 5.14. The van der Waals surface area contributed by atoms with E-state index in [1.54, 1.807) is 25.3 Å². The summed E-state index contributed by atoms with van der Waals surface area (Å²) in [5.41, 5.74) is 7.25. The summed E-state index contributed by atoms with van der Waals surface area (Å²) in [6, 6.07) is 12.6. The fourth-order valence-electron chi connectivity index (χ4n) is 1.58. The molecule has 0 amide bonds. The summed E-state index contributed by atoms with van der Waals surface area (Å²) in [6.45, 7) is 0. The number of thiocarbonyl (C=S) groups is 1. The highest BCUT2D eigenvalue weighted by atomic mass is 35.5. The molecule has 0 unspecified atom stereocenters. The van der Waals surface area contributed by atoms with Crippen molar-refractivity contribution in [2.75, 3.05) is 17.9 Å². The summed E-state index contributed by atoms with van der Waals surface area (Å²) in [6.07, 6.45) is 0. The molecule has 4 nitrogen and oxygen atoms in total. The van der Waals surface area contributed by atoms with Gasteiger partial charge in [0.15, 0.2) is 5.11 Å². The first kappa shape index (κ1) is 15.7. The standard InChI is InChI=1S/C14H13Cl2N3OS/c1-20-11-4-2-3-10(8-11)17-14(21)19-18-13-6-5-9(15)7-12(13)16/h2-8,18H,1H3,(H2,17,19,21). The third-order valence-corrected chi connectivity index (χ3v) is 3.32. The monoisotopic (exact) mass is 341 g/mol. The first-order valence-corrected chi connectivity index (χ1v) is 7.17. The van der Waals surface area contributed by atoms with E-state index in [-0.39, 0.29) is 0 Å². The minimum atomic E-state index is 0.397. The molecule has 0 bridgehead atoms. The summed E-state index contributed by atoms with van der Waals surface area (Å²) in [4.78, 5) is 0. The van der Waals surface area contributed by atoms with Crippen LogP contribution in [0, 0.1) is 0 Å². The number of methoxy groups -OCH3 is 1. The Bertz CT molecular complexity index is 652. The maximum Gasteiger partial charge on any atom is 0.189 e. The molecule has 3 N–H and O–H groups in total. The molecule has 7 heteroatoms. The van der Waals surface area contributed by atoms with Crippen LogP contribution in [0.5, 0.6) is 5.75 Å². The predicted molar refractivity (Wildman–Crippen MR) is 92.4 cm³/mol. The second-order valence-electron chi connectivity index (χ2n) is 4.06. The Morgan fingerprint density at radius 2 is 1.95 bits per heavy atom. The molecule has 0 spiro atoms. The summed E-state index contributed by atoms with van der Waals surface area (Å²) >= 11 is 17.1. The van der Waals surface area contributed by atoms with Crippen molar-refractivity contribution in [2.24, 2.45) is 0 Å². The van der Waals surface area contributed by atoms with Crippen LogP contribution >= 0.6 is 35.4 Å². The summed E-state index contributed by atoms with van der Waals surface area (Å²) in [5.74, 6) is 0.747. The Hall–Kier alpha value is -1.69. The van der Waals surface area contributed by atoms with E-state index in [4.69, 9.17) is 40.2 Å². The second-order valence-corrected chi connectivity index (χ2v) is 5.31. The average molecular weight is 342 g/mol. The van der Waals surface area contributed by atoms with E-state index in [0.717, 1.165) is 11.4 Å². The van der Waals surface area contributed by atoms with Crippen molar-refractivity contribution >= 4 is 51.9 Å². The van der Waals surface area contributed by atoms with Crippen molar-refractivity contribution in [3.8, 4) is 5.75 Å². The number of hydrogen-bond acceptors (Lipinski definition) is 3. The molecule has 0 saturated carbocycles. The maximum absolute atomic E-state index is 6.05. The van der Waals surface area contributed by atoms with Crippen molar-refractivity contribution < 1.29 is 4.74 Å². The van der Waals surface area contributed by atoms with Gasteiger partial charge in [-0.05, 0) is 42.5 Å². The van der Waals surface area contributed by atoms with E-state index in [1.165, 1.54) is 0 Å². The van der Waals surface area contributed by atoms with Gasteiger partial charge in [-0.2, -0.15) is 0 Å². The zero-order valence-electron chi connectivity index (χ0n) is 11.1. The molecule has 0 heterocycles. The largest absolute Gasteiger partial charge is 0.497 e. The van der Waals surface area contributed by atoms with Crippen LogP contribution in [0.3, 0.4) is 0 Å². The number of ether oxygens (including phenoxy) is 1. The van der Waals surface area contributed by atoms with Crippen LogP contribution in [0.25, 0.3) is 0 Å². The van der Waals surface area contributed by atoms with Crippen LogP contribution in [0.1, 0.15) is 0 Å². The van der Waals surface area contributed by atoms with Crippen LogP contribution in [-0.4, -0.2) is 12.2 Å². The maximum atomic E-state index is 6.05. The van der Waals surface area contributed by atoms with Crippen LogP contribution in [0.4, 0.5) is 11.4 Å². The molecule has 0 fully saturated rings. The summed E-state index contributed by atoms with van der Waals surface area (Å²) in [7, 11) is 1.61. The zero-order valence-corrected chi connectivity index (χ0v) is 13.4. The van der Waals surface area contributed by atoms with E-state index in [9.17, 15) is 0 Å². The van der Waals surface area contributed by atoms with Gasteiger partial charge in [0.1, 0.15) is 5.75 Å². The van der Waals surface area contributed by atoms with Gasteiger partial charge in [-0.3, -0.25) is 10.9 Å². The van der Waals surface area contributed by atoms with E-state index in [0.29, 0.717) is 20.8 Å². The molecule has 0 aliphatic rings. The third-order valence-electron chi connectivity index (χ3n) is 2.57. The Morgan fingerprint density at radius 1 is 1.14 bits per heavy atom. The van der Waals surface area contributed by atoms with Crippen molar-refractivity contribution in [1.29, 1.82) is 0 Å². The Morgan fingerprint density at radius 3 is 2.67 bits per heavy atom. The molecule has 0 radical (unpaired) electrons. The van der Waals surface area contributed by atoms with Gasteiger partial charge in [0.05, 0.1) is 17.8 Å². The first-order chi connectivity index (χ1) is 10.1. The lowest BCUT2D eigenvalue weighted by Gasteiger charge is -2.14. The van der Waals surface area contributed by atoms with Gasteiger partial charge >= 0.3 is 0 Å². The molecule has 0 aliphatic carbocycles. The number of anilines is 2. The van der Waals surface area contributed by atoms with Crippen molar-refractivity contribution in [2.45, 2.75) is 0 Å². The van der Waals surface area contributed by atoms with Gasteiger partial charge in [-0.1, -0.05) is 29.3 Å². The number of hydrogen-bond donors (Lipinski definition) is 3. The number of nitrogens with one attached hydrogen (secondary N) is 3. The van der Waals surface area contributed by atoms with Gasteiger partial charge in [0.25, 0.3) is 0 Å². The van der Waals surface area contributed by atoms with Gasteiger partial charge in [-0.15, -0.1) is 0 Å². The second kappa shape index (κ2) is 7.36. The van der Waals surface area contributed by atoms with Crippen LogP contribution in [-0.2, 0) is 0 Å². The average Bonchev–Trinajstić information content (AvgIpc) is 2.46. The lowest BCUT2D eigenvalue weighted by molar-refractivity contribution is 0.415. The van der Waals surface area contributed by atoms with Crippen molar-refractivity contribution in [3.05, 3.63) is 52.5 Å². The Kier molecular flexibility index (Phi) is 5.50. The number of benzene rings is 2. The fraction of sp³-hybridized carbons (Fsp3) is 0.0714. The SMILES string of the molecule is COc1cccc(NC(=S)NNc2ccc(Cl)cc2Cl)c1. The smallest absolute Gasteiger partial charge is 0.189 e. The molecule has 0 aromatic heterocycles. The third kappa shape index (κ3) is 4.67. The lowest BCUT2D eigenvalue weighted by Crippen LogP contribution is -2.33. The normalized spacial score (nSPS) is 9.86. The topological polar surface area (TPSA) is 45.3 Å². The van der Waals surface area contributed by atoms with E-state index in [1.807, 2.05) is 24.3 Å². The van der Waals surface area contributed by atoms with E-state index in [2.05, 4.69) is 16.2 Å². The van der Waals surface area contributed by atoms with E-state index >= 15 is 0 Å². The van der Waals surface area contributed by atoms with Crippen LogP contribution < -0.4 is 20.9 Å². The highest BCUT2D eigenvalue weighted by Gasteiger charge is 2.02. The molecule has 21 heavy (non-hydrogen) atoms. The molecule has 2 aromatic carbocycles. The van der Waals surface area contributed by atoms with Gasteiger partial charge in [0.2, 0.25) is 0 Å². The molecule has 0 atom stereocenters. The summed E-state index contributed by atoms with van der Waals surface area (Å²) in [5, 5.41) is 4.49. The first-order valence-electron chi connectivity index (χ1n) is 6.00. The molecule has 0 aliphatic heterocycles. The molecule has 2 aromatic rings. The van der Waals surface area contributed by atoms with Crippen LogP contribution in [0.15, 0.2) is 42.5 Å². The van der Waals surface area contributed by atoms with Crippen molar-refractivity contribution in [1.82, 2.24) is 5.43 Å². The van der Waals surface area contributed by atoms with Gasteiger partial charge < -0.3 is 10.1 Å². The highest BCUT2D eigenvalue weighted by Crippen LogP contribution is 2.24. The molecular formula is C14H13Cl2N3OS. The number of rotatable bonds is 4. The molecule has 110 valence electrons.